The van der Waals surface area contributed by atoms with Gasteiger partial charge in [0.1, 0.15) is 0 Å². The molecule has 1 amide bonds. The van der Waals surface area contributed by atoms with Crippen molar-refractivity contribution >= 4 is 22.8 Å². The summed E-state index contributed by atoms with van der Waals surface area (Å²) in [5.74, 6) is 0.223. The summed E-state index contributed by atoms with van der Waals surface area (Å²) >= 11 is 1.86. The molecule has 1 atom stereocenters. The van der Waals surface area contributed by atoms with E-state index in [0.29, 0.717) is 5.25 Å². The van der Waals surface area contributed by atoms with Gasteiger partial charge in [0.05, 0.1) is 12.0 Å². The number of hydrogen-bond donors (Lipinski definition) is 0. The van der Waals surface area contributed by atoms with Gasteiger partial charge in [0.15, 0.2) is 5.17 Å². The van der Waals surface area contributed by atoms with Gasteiger partial charge in [-0.15, -0.1) is 0 Å². The summed E-state index contributed by atoms with van der Waals surface area (Å²) in [4.78, 5) is 22.0. The zero-order chi connectivity index (χ0) is 17.3. The molecule has 0 unspecified atom stereocenters. The van der Waals surface area contributed by atoms with Crippen LogP contribution in [0.4, 0.5) is 0 Å². The van der Waals surface area contributed by atoms with E-state index < -0.39 is 5.41 Å². The number of nitrogens with zero attached hydrogens (tertiary/aromatic N) is 3. The smallest absolute Gasteiger partial charge is 0.232 e. The van der Waals surface area contributed by atoms with Gasteiger partial charge in [-0.3, -0.25) is 9.79 Å². The molecule has 130 valence electrons. The van der Waals surface area contributed by atoms with Crippen LogP contribution in [-0.4, -0.2) is 58.8 Å². The van der Waals surface area contributed by atoms with Gasteiger partial charge < -0.3 is 9.80 Å². The zero-order valence-corrected chi connectivity index (χ0v) is 15.9. The molecule has 2 aliphatic heterocycles. The Morgan fingerprint density at radius 2 is 1.79 bits per heavy atom. The standard InChI is InChI=1S/C19H27N3OS/c1-14-5-7-16(8-6-14)19(3,4)17(23)21-9-11-22(12-10-21)18-20-13-15(2)24-18/h5-8,15H,9-13H2,1-4H3/t15-/m1/s1. The van der Waals surface area contributed by atoms with Crippen molar-refractivity contribution < 1.29 is 4.79 Å². The zero-order valence-electron chi connectivity index (χ0n) is 15.1. The second-order valence-electron chi connectivity index (χ2n) is 7.32. The number of amidine groups is 1. The number of thioether (sulfide) groups is 1. The quantitative estimate of drug-likeness (QED) is 0.827. The first-order valence-electron chi connectivity index (χ1n) is 8.70. The molecule has 0 spiro atoms. The Hall–Kier alpha value is -1.49. The highest BCUT2D eigenvalue weighted by molar-refractivity contribution is 8.14. The molecular weight excluding hydrogens is 318 g/mol. The summed E-state index contributed by atoms with van der Waals surface area (Å²) in [6.45, 7) is 12.6. The fourth-order valence-electron chi connectivity index (χ4n) is 3.23. The molecule has 0 aromatic heterocycles. The minimum absolute atomic E-state index is 0.223. The van der Waals surface area contributed by atoms with Crippen LogP contribution >= 0.6 is 11.8 Å². The molecule has 1 fully saturated rings. The lowest BCUT2D eigenvalue weighted by molar-refractivity contribution is -0.137. The predicted octanol–water partition coefficient (Wildman–Crippen LogP) is 2.91. The van der Waals surface area contributed by atoms with Crippen molar-refractivity contribution in [3.8, 4) is 0 Å². The Morgan fingerprint density at radius 3 is 2.33 bits per heavy atom. The molecule has 2 aliphatic rings. The first-order chi connectivity index (χ1) is 11.4. The van der Waals surface area contributed by atoms with Crippen LogP contribution in [0, 0.1) is 6.92 Å². The van der Waals surface area contributed by atoms with Crippen LogP contribution in [0.15, 0.2) is 29.3 Å². The summed E-state index contributed by atoms with van der Waals surface area (Å²) in [5.41, 5.74) is 1.83. The van der Waals surface area contributed by atoms with E-state index in [1.165, 1.54) is 5.56 Å². The van der Waals surface area contributed by atoms with E-state index in [0.717, 1.165) is 43.5 Å². The lowest BCUT2D eigenvalue weighted by Crippen LogP contribution is -2.53. The molecule has 5 heteroatoms. The molecule has 1 saturated heterocycles. The van der Waals surface area contributed by atoms with E-state index in [1.54, 1.807) is 0 Å². The Labute approximate surface area is 149 Å². The van der Waals surface area contributed by atoms with E-state index in [9.17, 15) is 4.79 Å². The van der Waals surface area contributed by atoms with Gasteiger partial charge in [0.25, 0.3) is 0 Å². The van der Waals surface area contributed by atoms with Crippen molar-refractivity contribution in [2.75, 3.05) is 32.7 Å². The minimum atomic E-state index is -0.482. The van der Waals surface area contributed by atoms with Crippen molar-refractivity contribution in [1.82, 2.24) is 9.80 Å². The van der Waals surface area contributed by atoms with Gasteiger partial charge in [-0.25, -0.2) is 0 Å². The summed E-state index contributed by atoms with van der Waals surface area (Å²) in [7, 11) is 0. The Balaban J connectivity index is 1.63. The number of aryl methyl sites for hydroxylation is 1. The number of aliphatic imine (C=N–C) groups is 1. The van der Waals surface area contributed by atoms with Crippen LogP contribution in [0.25, 0.3) is 0 Å². The highest BCUT2D eigenvalue weighted by Crippen LogP contribution is 2.28. The molecule has 24 heavy (non-hydrogen) atoms. The minimum Gasteiger partial charge on any atom is -0.348 e. The lowest BCUT2D eigenvalue weighted by atomic mass is 9.82. The van der Waals surface area contributed by atoms with Crippen LogP contribution in [-0.2, 0) is 10.2 Å². The normalized spacial score (nSPS) is 21.8. The molecule has 0 saturated carbocycles. The van der Waals surface area contributed by atoms with Crippen molar-refractivity contribution in [2.45, 2.75) is 38.4 Å². The van der Waals surface area contributed by atoms with E-state index >= 15 is 0 Å². The number of carbonyl (C=O) groups is 1. The fraction of sp³-hybridized carbons (Fsp3) is 0.579. The van der Waals surface area contributed by atoms with Crippen LogP contribution in [0.3, 0.4) is 0 Å². The van der Waals surface area contributed by atoms with Gasteiger partial charge in [-0.1, -0.05) is 48.5 Å². The summed E-state index contributed by atoms with van der Waals surface area (Å²) in [5, 5.41) is 1.74. The van der Waals surface area contributed by atoms with E-state index in [1.807, 2.05) is 30.5 Å². The number of amides is 1. The Bertz CT molecular complexity index is 631. The lowest BCUT2D eigenvalue weighted by Gasteiger charge is -2.39. The monoisotopic (exact) mass is 345 g/mol. The number of benzene rings is 1. The third kappa shape index (κ3) is 3.46. The number of hydrogen-bond acceptors (Lipinski definition) is 4. The molecular formula is C19H27N3OS. The van der Waals surface area contributed by atoms with Crippen LogP contribution < -0.4 is 0 Å². The molecule has 0 N–H and O–H groups in total. The average Bonchev–Trinajstić information content (AvgIpc) is 3.01. The summed E-state index contributed by atoms with van der Waals surface area (Å²) in [6, 6.07) is 8.32. The Morgan fingerprint density at radius 1 is 1.17 bits per heavy atom. The predicted molar refractivity (Wildman–Crippen MR) is 102 cm³/mol. The molecule has 0 aliphatic carbocycles. The SMILES string of the molecule is Cc1ccc(C(C)(C)C(=O)N2CCN(C3=NC[C@@H](C)S3)CC2)cc1. The van der Waals surface area contributed by atoms with Crippen molar-refractivity contribution in [3.05, 3.63) is 35.4 Å². The topological polar surface area (TPSA) is 35.9 Å². The highest BCUT2D eigenvalue weighted by Gasteiger charge is 2.35. The van der Waals surface area contributed by atoms with E-state index in [2.05, 4.69) is 48.0 Å². The van der Waals surface area contributed by atoms with E-state index in [4.69, 9.17) is 0 Å². The van der Waals surface area contributed by atoms with Crippen molar-refractivity contribution in [2.24, 2.45) is 4.99 Å². The van der Waals surface area contributed by atoms with Crippen LogP contribution in [0.5, 0.6) is 0 Å². The molecule has 4 nitrogen and oxygen atoms in total. The average molecular weight is 346 g/mol. The fourth-order valence-corrected chi connectivity index (χ4v) is 4.22. The molecule has 3 rings (SSSR count). The van der Waals surface area contributed by atoms with Gasteiger partial charge in [-0.2, -0.15) is 0 Å². The number of piperazine rings is 1. The van der Waals surface area contributed by atoms with Gasteiger partial charge >= 0.3 is 0 Å². The summed E-state index contributed by atoms with van der Waals surface area (Å²) in [6.07, 6.45) is 0. The highest BCUT2D eigenvalue weighted by atomic mass is 32.2. The molecule has 1 aromatic rings. The van der Waals surface area contributed by atoms with Gasteiger partial charge in [-0.05, 0) is 26.3 Å². The first-order valence-corrected chi connectivity index (χ1v) is 9.58. The second kappa shape index (κ2) is 6.79. The maximum Gasteiger partial charge on any atom is 0.232 e. The summed E-state index contributed by atoms with van der Waals surface area (Å²) < 4.78 is 0. The van der Waals surface area contributed by atoms with E-state index in [-0.39, 0.29) is 5.91 Å². The Kier molecular flexibility index (Phi) is 4.90. The molecule has 0 bridgehead atoms. The molecule has 2 heterocycles. The second-order valence-corrected chi connectivity index (χ2v) is 8.73. The van der Waals surface area contributed by atoms with Crippen LogP contribution in [0.2, 0.25) is 0 Å². The van der Waals surface area contributed by atoms with Crippen molar-refractivity contribution in [1.29, 1.82) is 0 Å². The first kappa shape index (κ1) is 17.3. The maximum absolute atomic E-state index is 13.1. The van der Waals surface area contributed by atoms with Crippen LogP contribution in [0.1, 0.15) is 31.9 Å². The maximum atomic E-state index is 13.1. The largest absolute Gasteiger partial charge is 0.348 e. The molecule has 1 aromatic carbocycles. The third-order valence-corrected chi connectivity index (χ3v) is 6.09. The van der Waals surface area contributed by atoms with Gasteiger partial charge in [0, 0.05) is 31.4 Å². The van der Waals surface area contributed by atoms with Gasteiger partial charge in [0.2, 0.25) is 5.91 Å². The van der Waals surface area contributed by atoms with Crippen molar-refractivity contribution in [3.63, 3.8) is 0 Å². The number of rotatable bonds is 2. The third-order valence-electron chi connectivity index (χ3n) is 4.94. The number of carbonyl (C=O) groups excluding carboxylic acids is 1. The molecule has 0 radical (unpaired) electrons.